The molecule has 0 fully saturated rings. The zero-order chi connectivity index (χ0) is 13.4. The number of methoxy groups -OCH3 is 1. The normalized spacial score (nSPS) is 13.6. The molecule has 0 amide bonds. The molecule has 0 aliphatic carbocycles. The van der Waals surface area contributed by atoms with E-state index in [1.165, 1.54) is 7.11 Å². The molecule has 0 saturated heterocycles. The minimum atomic E-state index is -4.43. The number of halogens is 3. The molecular weight excluding hydrogens is 231 g/mol. The molecule has 0 heterocycles. The molecule has 0 aromatic heterocycles. The predicted molar refractivity (Wildman–Crippen MR) is 60.2 cm³/mol. The number of benzene rings is 1. The minimum Gasteiger partial charge on any atom is -0.496 e. The van der Waals surface area contributed by atoms with Crippen LogP contribution >= 0.6 is 0 Å². The van der Waals surface area contributed by atoms with Crippen molar-refractivity contribution in [1.29, 1.82) is 0 Å². The third kappa shape index (κ3) is 2.54. The summed E-state index contributed by atoms with van der Waals surface area (Å²) in [5.41, 5.74) is 7.12. The van der Waals surface area contributed by atoms with E-state index < -0.39 is 12.2 Å². The van der Waals surface area contributed by atoms with E-state index in [4.69, 9.17) is 10.5 Å². The number of aryl methyl sites for hydroxylation is 1. The predicted octanol–water partition coefficient (Wildman–Crippen LogP) is 3.18. The molecule has 96 valence electrons. The quantitative estimate of drug-likeness (QED) is 0.871. The molecule has 0 radical (unpaired) electrons. The van der Waals surface area contributed by atoms with Crippen molar-refractivity contribution in [3.63, 3.8) is 0 Å². The fraction of sp³-hybridized carbons (Fsp3) is 0.500. The van der Waals surface area contributed by atoms with E-state index >= 15 is 0 Å². The zero-order valence-corrected chi connectivity index (χ0v) is 10.3. The number of alkyl halides is 3. The lowest BCUT2D eigenvalue weighted by Gasteiger charge is -2.22. The summed E-state index contributed by atoms with van der Waals surface area (Å²) in [5.74, 6) is 0.582. The summed E-state index contributed by atoms with van der Waals surface area (Å²) in [7, 11) is 1.49. The third-order valence-corrected chi connectivity index (χ3v) is 2.99. The van der Waals surface area contributed by atoms with Gasteiger partial charge in [-0.1, -0.05) is 0 Å². The lowest BCUT2D eigenvalue weighted by Crippen LogP contribution is -2.30. The van der Waals surface area contributed by atoms with Crippen LogP contribution in [0, 0.1) is 20.8 Å². The van der Waals surface area contributed by atoms with Gasteiger partial charge in [-0.2, -0.15) is 13.2 Å². The summed E-state index contributed by atoms with van der Waals surface area (Å²) >= 11 is 0. The molecule has 1 unspecified atom stereocenters. The monoisotopic (exact) mass is 247 g/mol. The molecule has 0 spiro atoms. The van der Waals surface area contributed by atoms with Crippen molar-refractivity contribution >= 4 is 0 Å². The average Bonchev–Trinajstić information content (AvgIpc) is 2.22. The highest BCUT2D eigenvalue weighted by Crippen LogP contribution is 2.37. The van der Waals surface area contributed by atoms with Gasteiger partial charge in [-0.15, -0.1) is 0 Å². The molecule has 5 heteroatoms. The largest absolute Gasteiger partial charge is 0.496 e. The van der Waals surface area contributed by atoms with Crippen molar-refractivity contribution in [3.8, 4) is 5.75 Å². The van der Waals surface area contributed by atoms with Crippen molar-refractivity contribution in [3.05, 3.63) is 28.3 Å². The first-order valence-corrected chi connectivity index (χ1v) is 5.17. The summed E-state index contributed by atoms with van der Waals surface area (Å²) in [6.07, 6.45) is -4.43. The molecule has 0 aliphatic heterocycles. The Labute approximate surface area is 98.6 Å². The van der Waals surface area contributed by atoms with Crippen LogP contribution in [0.4, 0.5) is 13.2 Å². The molecule has 1 aromatic rings. The van der Waals surface area contributed by atoms with E-state index in [2.05, 4.69) is 0 Å². The van der Waals surface area contributed by atoms with Gasteiger partial charge in [0.25, 0.3) is 0 Å². The van der Waals surface area contributed by atoms with Gasteiger partial charge in [0.2, 0.25) is 0 Å². The third-order valence-electron chi connectivity index (χ3n) is 2.99. The van der Waals surface area contributed by atoms with E-state index in [1.807, 2.05) is 0 Å². The molecule has 1 aromatic carbocycles. The van der Waals surface area contributed by atoms with Crippen LogP contribution in [0.25, 0.3) is 0 Å². The second-order valence-electron chi connectivity index (χ2n) is 4.08. The second-order valence-corrected chi connectivity index (χ2v) is 4.08. The Bertz CT molecular complexity index is 427. The van der Waals surface area contributed by atoms with Crippen LogP contribution in [0.1, 0.15) is 28.3 Å². The lowest BCUT2D eigenvalue weighted by atomic mass is 9.92. The standard InChI is InChI=1S/C12H16F3NO/c1-6-5-9(17-4)7(2)8(3)10(6)11(16)12(13,14)15/h5,11H,16H2,1-4H3. The van der Waals surface area contributed by atoms with Gasteiger partial charge < -0.3 is 10.5 Å². The molecule has 0 aliphatic rings. The fourth-order valence-electron chi connectivity index (χ4n) is 1.92. The van der Waals surface area contributed by atoms with Crippen molar-refractivity contribution in [2.45, 2.75) is 33.0 Å². The first-order chi connectivity index (χ1) is 7.70. The second kappa shape index (κ2) is 4.56. The first kappa shape index (κ1) is 13.8. The molecule has 0 saturated carbocycles. The van der Waals surface area contributed by atoms with E-state index in [-0.39, 0.29) is 5.56 Å². The number of nitrogens with two attached hydrogens (primary N) is 1. The van der Waals surface area contributed by atoms with Crippen LogP contribution in [-0.2, 0) is 0 Å². The first-order valence-electron chi connectivity index (χ1n) is 5.17. The Morgan fingerprint density at radius 2 is 1.71 bits per heavy atom. The summed E-state index contributed by atoms with van der Waals surface area (Å²) in [4.78, 5) is 0. The lowest BCUT2D eigenvalue weighted by molar-refractivity contribution is -0.149. The molecule has 1 rings (SSSR count). The van der Waals surface area contributed by atoms with E-state index in [0.717, 1.165) is 0 Å². The van der Waals surface area contributed by atoms with Crippen molar-refractivity contribution in [2.75, 3.05) is 7.11 Å². The molecule has 0 bridgehead atoms. The highest BCUT2D eigenvalue weighted by molar-refractivity contribution is 5.49. The van der Waals surface area contributed by atoms with E-state index in [1.54, 1.807) is 26.8 Å². The van der Waals surface area contributed by atoms with Gasteiger partial charge in [0.15, 0.2) is 0 Å². The van der Waals surface area contributed by atoms with Crippen LogP contribution in [0.15, 0.2) is 6.07 Å². The van der Waals surface area contributed by atoms with E-state index in [0.29, 0.717) is 22.4 Å². The number of hydrogen-bond donors (Lipinski definition) is 1. The zero-order valence-electron chi connectivity index (χ0n) is 10.3. The Kier molecular flexibility index (Phi) is 3.71. The Hall–Kier alpha value is -1.23. The van der Waals surface area contributed by atoms with Crippen LogP contribution in [0.3, 0.4) is 0 Å². The van der Waals surface area contributed by atoms with Gasteiger partial charge in [-0.25, -0.2) is 0 Å². The summed E-state index contributed by atoms with van der Waals surface area (Å²) in [6, 6.07) is -0.365. The minimum absolute atomic E-state index is 0.135. The molecule has 2 nitrogen and oxygen atoms in total. The van der Waals surface area contributed by atoms with Gasteiger partial charge in [-0.05, 0) is 49.1 Å². The average molecular weight is 247 g/mol. The van der Waals surface area contributed by atoms with Gasteiger partial charge in [-0.3, -0.25) is 0 Å². The molecule has 17 heavy (non-hydrogen) atoms. The van der Waals surface area contributed by atoms with Crippen LogP contribution in [-0.4, -0.2) is 13.3 Å². The maximum Gasteiger partial charge on any atom is 0.407 e. The topological polar surface area (TPSA) is 35.2 Å². The maximum atomic E-state index is 12.7. The molecular formula is C12H16F3NO. The van der Waals surface area contributed by atoms with Gasteiger partial charge in [0, 0.05) is 0 Å². The summed E-state index contributed by atoms with van der Waals surface area (Å²) in [6.45, 7) is 4.96. The summed E-state index contributed by atoms with van der Waals surface area (Å²) in [5, 5.41) is 0. The molecule has 1 atom stereocenters. The van der Waals surface area contributed by atoms with Crippen molar-refractivity contribution < 1.29 is 17.9 Å². The Balaban J connectivity index is 3.41. The van der Waals surface area contributed by atoms with Crippen LogP contribution < -0.4 is 10.5 Å². The van der Waals surface area contributed by atoms with Crippen LogP contribution in [0.5, 0.6) is 5.75 Å². The summed E-state index contributed by atoms with van der Waals surface area (Å²) < 4.78 is 43.1. The van der Waals surface area contributed by atoms with Crippen molar-refractivity contribution in [1.82, 2.24) is 0 Å². The highest BCUT2D eigenvalue weighted by atomic mass is 19.4. The smallest absolute Gasteiger partial charge is 0.407 e. The highest BCUT2D eigenvalue weighted by Gasteiger charge is 2.39. The number of hydrogen-bond acceptors (Lipinski definition) is 2. The van der Waals surface area contributed by atoms with Gasteiger partial charge in [0.1, 0.15) is 11.8 Å². The SMILES string of the molecule is COc1cc(C)c(C(N)C(F)(F)F)c(C)c1C. The fourth-order valence-corrected chi connectivity index (χ4v) is 1.92. The van der Waals surface area contributed by atoms with Crippen molar-refractivity contribution in [2.24, 2.45) is 5.73 Å². The van der Waals surface area contributed by atoms with Gasteiger partial charge >= 0.3 is 6.18 Å². The van der Waals surface area contributed by atoms with E-state index in [9.17, 15) is 13.2 Å². The number of ether oxygens (including phenoxy) is 1. The number of rotatable bonds is 2. The Morgan fingerprint density at radius 3 is 2.12 bits per heavy atom. The maximum absolute atomic E-state index is 12.7. The Morgan fingerprint density at radius 1 is 1.18 bits per heavy atom. The van der Waals surface area contributed by atoms with Crippen LogP contribution in [0.2, 0.25) is 0 Å². The van der Waals surface area contributed by atoms with Gasteiger partial charge in [0.05, 0.1) is 7.11 Å². The molecule has 2 N–H and O–H groups in total.